The van der Waals surface area contributed by atoms with Gasteiger partial charge in [-0.3, -0.25) is 0 Å². The molecule has 0 amide bonds. The number of rotatable bonds is 4. The summed E-state index contributed by atoms with van der Waals surface area (Å²) in [7, 11) is -3.56. The standard InChI is InChI=1S/C14H18O4S/c15-19(16,10-14-5-2-8-17-14)18-13-7-6-11-3-1-4-12(11)9-13/h6-7,9,14H,1-5,8,10H2. The van der Waals surface area contributed by atoms with Crippen LogP contribution in [-0.4, -0.2) is 26.9 Å². The van der Waals surface area contributed by atoms with Crippen LogP contribution < -0.4 is 4.18 Å². The van der Waals surface area contributed by atoms with E-state index in [4.69, 9.17) is 8.92 Å². The molecular weight excluding hydrogens is 264 g/mol. The third-order valence-corrected chi connectivity index (χ3v) is 4.93. The van der Waals surface area contributed by atoms with Gasteiger partial charge in [0.25, 0.3) is 0 Å². The first-order chi connectivity index (χ1) is 9.12. The monoisotopic (exact) mass is 282 g/mol. The zero-order chi connectivity index (χ0) is 13.3. The molecule has 1 fully saturated rings. The first kappa shape index (κ1) is 12.9. The van der Waals surface area contributed by atoms with E-state index in [9.17, 15) is 8.42 Å². The normalized spacial score (nSPS) is 22.4. The van der Waals surface area contributed by atoms with Gasteiger partial charge in [0.1, 0.15) is 11.5 Å². The van der Waals surface area contributed by atoms with Crippen LogP contribution in [0.25, 0.3) is 0 Å². The van der Waals surface area contributed by atoms with Crippen LogP contribution in [0.5, 0.6) is 5.75 Å². The molecular formula is C14H18O4S. The molecule has 2 aliphatic rings. The lowest BCUT2D eigenvalue weighted by molar-refractivity contribution is 0.126. The van der Waals surface area contributed by atoms with E-state index in [1.54, 1.807) is 6.07 Å². The quantitative estimate of drug-likeness (QED) is 0.793. The molecule has 0 radical (unpaired) electrons. The highest BCUT2D eigenvalue weighted by atomic mass is 32.2. The lowest BCUT2D eigenvalue weighted by Crippen LogP contribution is -2.24. The highest BCUT2D eigenvalue weighted by Crippen LogP contribution is 2.27. The maximum atomic E-state index is 12.0. The average Bonchev–Trinajstić information content (AvgIpc) is 2.97. The van der Waals surface area contributed by atoms with Gasteiger partial charge in [0.2, 0.25) is 0 Å². The molecule has 1 aliphatic carbocycles. The predicted octanol–water partition coefficient (Wildman–Crippen LogP) is 2.06. The van der Waals surface area contributed by atoms with Crippen molar-refractivity contribution < 1.29 is 17.3 Å². The minimum Gasteiger partial charge on any atom is -0.382 e. The highest BCUT2D eigenvalue weighted by molar-refractivity contribution is 7.87. The van der Waals surface area contributed by atoms with E-state index in [2.05, 4.69) is 0 Å². The number of hydrogen-bond donors (Lipinski definition) is 0. The number of aryl methyl sites for hydroxylation is 2. The molecule has 4 nitrogen and oxygen atoms in total. The molecule has 3 rings (SSSR count). The molecule has 1 atom stereocenters. The Morgan fingerprint density at radius 3 is 2.84 bits per heavy atom. The van der Waals surface area contributed by atoms with Gasteiger partial charge < -0.3 is 8.92 Å². The zero-order valence-electron chi connectivity index (χ0n) is 10.8. The molecule has 1 unspecified atom stereocenters. The van der Waals surface area contributed by atoms with Crippen LogP contribution in [-0.2, 0) is 27.7 Å². The predicted molar refractivity (Wildman–Crippen MR) is 71.9 cm³/mol. The van der Waals surface area contributed by atoms with E-state index < -0.39 is 10.1 Å². The van der Waals surface area contributed by atoms with Crippen molar-refractivity contribution in [3.8, 4) is 5.75 Å². The Bertz CT molecular complexity index is 559. The molecule has 1 aromatic rings. The van der Waals surface area contributed by atoms with Crippen LogP contribution in [0.15, 0.2) is 18.2 Å². The van der Waals surface area contributed by atoms with Crippen LogP contribution in [0.3, 0.4) is 0 Å². The van der Waals surface area contributed by atoms with E-state index in [0.717, 1.165) is 32.1 Å². The number of ether oxygens (including phenoxy) is 1. The summed E-state index contributed by atoms with van der Waals surface area (Å²) >= 11 is 0. The van der Waals surface area contributed by atoms with E-state index in [1.807, 2.05) is 12.1 Å². The number of hydrogen-bond acceptors (Lipinski definition) is 4. The molecule has 0 saturated carbocycles. The lowest BCUT2D eigenvalue weighted by atomic mass is 10.1. The third kappa shape index (κ3) is 3.09. The summed E-state index contributed by atoms with van der Waals surface area (Å²) in [5.41, 5.74) is 2.52. The third-order valence-electron chi connectivity index (χ3n) is 3.71. The van der Waals surface area contributed by atoms with E-state index >= 15 is 0 Å². The molecule has 19 heavy (non-hydrogen) atoms. The minimum absolute atomic E-state index is 0.0515. The summed E-state index contributed by atoms with van der Waals surface area (Å²) in [5, 5.41) is 0. The molecule has 1 aliphatic heterocycles. The van der Waals surface area contributed by atoms with E-state index in [1.165, 1.54) is 11.1 Å². The van der Waals surface area contributed by atoms with Gasteiger partial charge in [-0.2, -0.15) is 8.42 Å². The number of fused-ring (bicyclic) bond motifs is 1. The summed E-state index contributed by atoms with van der Waals surface area (Å²) in [5.74, 6) is 0.378. The Morgan fingerprint density at radius 2 is 2.05 bits per heavy atom. The topological polar surface area (TPSA) is 52.6 Å². The fourth-order valence-corrected chi connectivity index (χ4v) is 3.97. The minimum atomic E-state index is -3.56. The van der Waals surface area contributed by atoms with Crippen molar-refractivity contribution in [3.63, 3.8) is 0 Å². The average molecular weight is 282 g/mol. The maximum Gasteiger partial charge on any atom is 0.311 e. The summed E-state index contributed by atoms with van der Waals surface area (Å²) in [4.78, 5) is 0. The maximum absolute atomic E-state index is 12.0. The van der Waals surface area contributed by atoms with Crippen molar-refractivity contribution in [3.05, 3.63) is 29.3 Å². The lowest BCUT2D eigenvalue weighted by Gasteiger charge is -2.12. The van der Waals surface area contributed by atoms with Crippen molar-refractivity contribution in [2.24, 2.45) is 0 Å². The van der Waals surface area contributed by atoms with Crippen molar-refractivity contribution in [2.45, 2.75) is 38.2 Å². The van der Waals surface area contributed by atoms with Crippen molar-refractivity contribution in [1.82, 2.24) is 0 Å². The van der Waals surface area contributed by atoms with Crippen LogP contribution in [0.1, 0.15) is 30.4 Å². The highest BCUT2D eigenvalue weighted by Gasteiger charge is 2.25. The molecule has 104 valence electrons. The fourth-order valence-electron chi connectivity index (χ4n) is 2.78. The second-order valence-corrected chi connectivity index (χ2v) is 6.84. The Labute approximate surface area is 113 Å². The first-order valence-electron chi connectivity index (χ1n) is 6.78. The second kappa shape index (κ2) is 5.13. The van der Waals surface area contributed by atoms with Gasteiger partial charge in [-0.1, -0.05) is 6.07 Å². The molecule has 1 saturated heterocycles. The Morgan fingerprint density at radius 1 is 1.21 bits per heavy atom. The Balaban J connectivity index is 1.69. The van der Waals surface area contributed by atoms with E-state index in [0.29, 0.717) is 12.4 Å². The van der Waals surface area contributed by atoms with Gasteiger partial charge in [0.05, 0.1) is 6.10 Å². The second-order valence-electron chi connectivity index (χ2n) is 5.23. The van der Waals surface area contributed by atoms with Crippen LogP contribution in [0.4, 0.5) is 0 Å². The fraction of sp³-hybridized carbons (Fsp3) is 0.571. The molecule has 1 heterocycles. The Hall–Kier alpha value is -1.07. The van der Waals surface area contributed by atoms with Crippen molar-refractivity contribution in [2.75, 3.05) is 12.4 Å². The first-order valence-corrected chi connectivity index (χ1v) is 8.36. The van der Waals surface area contributed by atoms with Gasteiger partial charge in [0, 0.05) is 6.61 Å². The summed E-state index contributed by atoms with van der Waals surface area (Å²) in [6.45, 7) is 0.652. The van der Waals surface area contributed by atoms with Crippen molar-refractivity contribution in [1.29, 1.82) is 0 Å². The van der Waals surface area contributed by atoms with Crippen LogP contribution in [0, 0.1) is 0 Å². The Kier molecular flexibility index (Phi) is 3.50. The summed E-state index contributed by atoms with van der Waals surface area (Å²) in [6.07, 6.45) is 4.75. The van der Waals surface area contributed by atoms with Crippen LogP contribution >= 0.6 is 0 Å². The van der Waals surface area contributed by atoms with E-state index in [-0.39, 0.29) is 11.9 Å². The van der Waals surface area contributed by atoms with Gasteiger partial charge in [-0.25, -0.2) is 0 Å². The molecule has 1 aromatic carbocycles. The zero-order valence-corrected chi connectivity index (χ0v) is 11.6. The van der Waals surface area contributed by atoms with Gasteiger partial charge >= 0.3 is 10.1 Å². The van der Waals surface area contributed by atoms with Gasteiger partial charge in [0.15, 0.2) is 0 Å². The van der Waals surface area contributed by atoms with Crippen molar-refractivity contribution >= 4 is 10.1 Å². The SMILES string of the molecule is O=S(=O)(CC1CCCO1)Oc1ccc2c(c1)CCC2. The summed E-state index contributed by atoms with van der Waals surface area (Å²) in [6, 6.07) is 5.58. The van der Waals surface area contributed by atoms with Crippen LogP contribution in [0.2, 0.25) is 0 Å². The molecule has 0 bridgehead atoms. The molecule has 5 heteroatoms. The largest absolute Gasteiger partial charge is 0.382 e. The van der Waals surface area contributed by atoms with Gasteiger partial charge in [-0.05, 0) is 55.4 Å². The summed E-state index contributed by atoms with van der Waals surface area (Å²) < 4.78 is 34.4. The molecule has 0 aromatic heterocycles. The molecule has 0 N–H and O–H groups in total. The molecule has 0 spiro atoms. The van der Waals surface area contributed by atoms with Gasteiger partial charge in [-0.15, -0.1) is 0 Å². The smallest absolute Gasteiger partial charge is 0.311 e. The number of benzene rings is 1.